The predicted molar refractivity (Wildman–Crippen MR) is 56.3 cm³/mol. The van der Waals surface area contributed by atoms with Gasteiger partial charge in [-0.3, -0.25) is 0 Å². The van der Waals surface area contributed by atoms with Crippen molar-refractivity contribution >= 4 is 5.82 Å². The summed E-state index contributed by atoms with van der Waals surface area (Å²) in [6, 6.07) is 3.59. The van der Waals surface area contributed by atoms with Crippen LogP contribution in [0.25, 0.3) is 0 Å². The molecule has 84 valence electrons. The van der Waals surface area contributed by atoms with Gasteiger partial charge in [-0.25, -0.2) is 13.8 Å². The van der Waals surface area contributed by atoms with Crippen LogP contribution in [-0.2, 0) is 6.42 Å². The fraction of sp³-hybridized carbons (Fsp3) is 0.500. The Labute approximate surface area is 87.9 Å². The van der Waals surface area contributed by atoms with E-state index < -0.39 is 6.43 Å². The molecule has 0 bridgehead atoms. The largest absolute Gasteiger partial charge is 0.354 e. The van der Waals surface area contributed by atoms with Crippen LogP contribution in [0.1, 0.15) is 5.56 Å². The van der Waals surface area contributed by atoms with E-state index in [1.807, 2.05) is 6.07 Å². The monoisotopic (exact) mass is 215 g/mol. The molecule has 0 fully saturated rings. The number of halogens is 2. The molecular weight excluding hydrogens is 200 g/mol. The summed E-state index contributed by atoms with van der Waals surface area (Å²) in [5.74, 6) is 0.552. The first-order chi connectivity index (χ1) is 7.13. The average Bonchev–Trinajstić information content (AvgIpc) is 2.18. The van der Waals surface area contributed by atoms with Crippen LogP contribution in [0.4, 0.5) is 14.6 Å². The summed E-state index contributed by atoms with van der Waals surface area (Å²) in [6.07, 6.45) is 0.0798. The molecule has 0 unspecified atom stereocenters. The summed E-state index contributed by atoms with van der Waals surface area (Å²) in [7, 11) is 1.59. The van der Waals surface area contributed by atoms with Crippen LogP contribution >= 0.6 is 0 Å². The molecule has 0 aliphatic carbocycles. The smallest absolute Gasteiger partial charge is 0.255 e. The van der Waals surface area contributed by atoms with Gasteiger partial charge in [-0.15, -0.1) is 0 Å². The first-order valence-corrected chi connectivity index (χ1v) is 4.77. The second-order valence-corrected chi connectivity index (χ2v) is 3.33. The molecule has 3 nitrogen and oxygen atoms in total. The molecule has 0 saturated carbocycles. The van der Waals surface area contributed by atoms with Gasteiger partial charge in [-0.2, -0.15) is 0 Å². The van der Waals surface area contributed by atoms with Crippen molar-refractivity contribution in [1.82, 2.24) is 4.98 Å². The minimum atomic E-state index is -2.35. The predicted octanol–water partition coefficient (Wildman–Crippen LogP) is 1.28. The zero-order valence-electron chi connectivity index (χ0n) is 8.66. The van der Waals surface area contributed by atoms with Crippen LogP contribution in [0.2, 0.25) is 0 Å². The highest BCUT2D eigenvalue weighted by atomic mass is 19.3. The standard InChI is InChI=1S/C10H15F2N3/c1-15(7-9(11)12)10-3-2-8(4-5-13)6-14-10/h2-3,6,9H,4-5,7,13H2,1H3. The molecule has 0 aliphatic heterocycles. The van der Waals surface area contributed by atoms with E-state index in [0.717, 1.165) is 12.0 Å². The first-order valence-electron chi connectivity index (χ1n) is 4.77. The molecule has 1 aromatic rings. The quantitative estimate of drug-likeness (QED) is 0.804. The summed E-state index contributed by atoms with van der Waals surface area (Å²) in [4.78, 5) is 5.51. The van der Waals surface area contributed by atoms with E-state index in [1.165, 1.54) is 4.90 Å². The Morgan fingerprint density at radius 2 is 2.20 bits per heavy atom. The van der Waals surface area contributed by atoms with Gasteiger partial charge in [0, 0.05) is 13.2 Å². The summed E-state index contributed by atoms with van der Waals surface area (Å²) < 4.78 is 24.2. The molecule has 0 atom stereocenters. The number of anilines is 1. The Morgan fingerprint density at radius 3 is 2.67 bits per heavy atom. The molecule has 0 aromatic carbocycles. The Morgan fingerprint density at radius 1 is 1.47 bits per heavy atom. The van der Waals surface area contributed by atoms with Gasteiger partial charge in [0.25, 0.3) is 6.43 Å². The molecule has 1 aromatic heterocycles. The molecule has 0 aliphatic rings. The molecular formula is C10H15F2N3. The maximum Gasteiger partial charge on any atom is 0.255 e. The van der Waals surface area contributed by atoms with Crippen molar-refractivity contribution in [3.63, 3.8) is 0 Å². The minimum absolute atomic E-state index is 0.302. The van der Waals surface area contributed by atoms with Gasteiger partial charge < -0.3 is 10.6 Å². The Kier molecular flexibility index (Phi) is 4.42. The van der Waals surface area contributed by atoms with Crippen molar-refractivity contribution in [2.45, 2.75) is 12.8 Å². The van der Waals surface area contributed by atoms with Crippen molar-refractivity contribution in [2.75, 3.05) is 25.0 Å². The topological polar surface area (TPSA) is 42.1 Å². The van der Waals surface area contributed by atoms with Crippen molar-refractivity contribution in [3.8, 4) is 0 Å². The van der Waals surface area contributed by atoms with E-state index >= 15 is 0 Å². The number of pyridine rings is 1. The lowest BCUT2D eigenvalue weighted by Crippen LogP contribution is -2.24. The number of hydrogen-bond acceptors (Lipinski definition) is 3. The second kappa shape index (κ2) is 5.60. The normalized spacial score (nSPS) is 10.7. The fourth-order valence-electron chi connectivity index (χ4n) is 1.26. The van der Waals surface area contributed by atoms with E-state index in [2.05, 4.69) is 4.98 Å². The zero-order chi connectivity index (χ0) is 11.3. The molecule has 15 heavy (non-hydrogen) atoms. The van der Waals surface area contributed by atoms with E-state index in [-0.39, 0.29) is 6.54 Å². The van der Waals surface area contributed by atoms with Gasteiger partial charge in [0.05, 0.1) is 6.54 Å². The Balaban J connectivity index is 2.62. The number of rotatable bonds is 5. The third-order valence-electron chi connectivity index (χ3n) is 2.05. The SMILES string of the molecule is CN(CC(F)F)c1ccc(CCN)cn1. The summed E-state index contributed by atoms with van der Waals surface area (Å²) >= 11 is 0. The lowest BCUT2D eigenvalue weighted by atomic mass is 10.2. The summed E-state index contributed by atoms with van der Waals surface area (Å²) in [6.45, 7) is 0.261. The molecule has 1 rings (SSSR count). The van der Waals surface area contributed by atoms with E-state index in [9.17, 15) is 8.78 Å². The molecule has 2 N–H and O–H groups in total. The average molecular weight is 215 g/mol. The highest BCUT2D eigenvalue weighted by molar-refractivity contribution is 5.38. The molecule has 0 amide bonds. The molecule has 0 radical (unpaired) electrons. The van der Waals surface area contributed by atoms with Crippen molar-refractivity contribution in [3.05, 3.63) is 23.9 Å². The van der Waals surface area contributed by atoms with Crippen LogP contribution in [0.5, 0.6) is 0 Å². The third-order valence-corrected chi connectivity index (χ3v) is 2.05. The highest BCUT2D eigenvalue weighted by Gasteiger charge is 2.09. The lowest BCUT2D eigenvalue weighted by Gasteiger charge is -2.17. The Hall–Kier alpha value is -1.23. The van der Waals surface area contributed by atoms with Crippen LogP contribution in [0.15, 0.2) is 18.3 Å². The van der Waals surface area contributed by atoms with Gasteiger partial charge in [-0.1, -0.05) is 6.07 Å². The van der Waals surface area contributed by atoms with Gasteiger partial charge in [0.2, 0.25) is 0 Å². The highest BCUT2D eigenvalue weighted by Crippen LogP contribution is 2.11. The van der Waals surface area contributed by atoms with Crippen LogP contribution < -0.4 is 10.6 Å². The van der Waals surface area contributed by atoms with Crippen LogP contribution in [0, 0.1) is 0 Å². The van der Waals surface area contributed by atoms with Gasteiger partial charge in [0.15, 0.2) is 0 Å². The third kappa shape index (κ3) is 3.79. The zero-order valence-corrected chi connectivity index (χ0v) is 8.66. The first kappa shape index (κ1) is 11.8. The summed E-state index contributed by atoms with van der Waals surface area (Å²) in [5.41, 5.74) is 6.41. The molecule has 0 spiro atoms. The maximum atomic E-state index is 12.1. The van der Waals surface area contributed by atoms with Crippen molar-refractivity contribution in [1.29, 1.82) is 0 Å². The van der Waals surface area contributed by atoms with Gasteiger partial charge >= 0.3 is 0 Å². The Bertz CT molecular complexity index is 287. The van der Waals surface area contributed by atoms with Crippen LogP contribution in [-0.4, -0.2) is 31.5 Å². The van der Waals surface area contributed by atoms with E-state index in [0.29, 0.717) is 12.4 Å². The van der Waals surface area contributed by atoms with E-state index in [4.69, 9.17) is 5.73 Å². The number of nitrogens with two attached hydrogens (primary N) is 1. The minimum Gasteiger partial charge on any atom is -0.354 e. The number of nitrogens with zero attached hydrogens (tertiary/aromatic N) is 2. The molecule has 1 heterocycles. The van der Waals surface area contributed by atoms with Crippen LogP contribution in [0.3, 0.4) is 0 Å². The van der Waals surface area contributed by atoms with E-state index in [1.54, 1.807) is 19.3 Å². The number of aromatic nitrogens is 1. The number of alkyl halides is 2. The molecule has 0 saturated heterocycles. The lowest BCUT2D eigenvalue weighted by molar-refractivity contribution is 0.156. The van der Waals surface area contributed by atoms with Gasteiger partial charge in [-0.05, 0) is 24.6 Å². The maximum absolute atomic E-state index is 12.1. The van der Waals surface area contributed by atoms with Gasteiger partial charge in [0.1, 0.15) is 5.82 Å². The number of hydrogen-bond donors (Lipinski definition) is 1. The molecule has 5 heteroatoms. The summed E-state index contributed by atoms with van der Waals surface area (Å²) in [5, 5.41) is 0. The fourth-order valence-corrected chi connectivity index (χ4v) is 1.26. The second-order valence-electron chi connectivity index (χ2n) is 3.33. The van der Waals surface area contributed by atoms with Crippen molar-refractivity contribution < 1.29 is 8.78 Å². The van der Waals surface area contributed by atoms with Crippen molar-refractivity contribution in [2.24, 2.45) is 5.73 Å².